The minimum Gasteiger partial charge on any atom is -0.389 e. The first-order valence-electron chi connectivity index (χ1n) is 7.35. The first kappa shape index (κ1) is 18.6. The van der Waals surface area contributed by atoms with Gasteiger partial charge in [0.1, 0.15) is 5.84 Å². The molecule has 23 heavy (non-hydrogen) atoms. The molecule has 0 saturated heterocycles. The maximum atomic E-state index is 11.5. The van der Waals surface area contributed by atoms with Gasteiger partial charge in [0.25, 0.3) is 0 Å². The average Bonchev–Trinajstić information content (AvgIpc) is 2.50. The number of aliphatic hydroxyl groups is 1. The van der Waals surface area contributed by atoms with E-state index in [4.69, 9.17) is 0 Å². The van der Waals surface area contributed by atoms with Crippen molar-refractivity contribution in [3.63, 3.8) is 0 Å². The zero-order valence-corrected chi connectivity index (χ0v) is 14.2. The van der Waals surface area contributed by atoms with Crippen molar-refractivity contribution in [2.75, 3.05) is 14.1 Å². The van der Waals surface area contributed by atoms with Gasteiger partial charge in [0.2, 0.25) is 0 Å². The van der Waals surface area contributed by atoms with Crippen LogP contribution in [0.1, 0.15) is 34.5 Å². The summed E-state index contributed by atoms with van der Waals surface area (Å²) in [5.41, 5.74) is 3.22. The van der Waals surface area contributed by atoms with Gasteiger partial charge < -0.3 is 10.0 Å². The summed E-state index contributed by atoms with van der Waals surface area (Å²) in [5, 5.41) is 10.0. The third kappa shape index (κ3) is 4.50. The lowest BCUT2D eigenvalue weighted by Crippen LogP contribution is -2.23. The molecule has 1 unspecified atom stereocenters. The number of aryl methyl sites for hydroxylation is 1. The number of carbonyl (C=O) groups is 1. The molecule has 0 aliphatic heterocycles. The third-order valence-corrected chi connectivity index (χ3v) is 3.31. The Morgan fingerprint density at radius 3 is 2.43 bits per heavy atom. The molecule has 0 heterocycles. The van der Waals surface area contributed by atoms with Gasteiger partial charge in [-0.2, -0.15) is 0 Å². The van der Waals surface area contributed by atoms with Gasteiger partial charge in [-0.1, -0.05) is 37.5 Å². The van der Waals surface area contributed by atoms with Gasteiger partial charge in [0, 0.05) is 30.8 Å². The number of nitrogens with zero attached hydrogens (tertiary/aromatic N) is 2. The van der Waals surface area contributed by atoms with Crippen molar-refractivity contribution in [3.8, 4) is 0 Å². The fourth-order valence-corrected chi connectivity index (χ4v) is 2.26. The minimum atomic E-state index is -0.730. The van der Waals surface area contributed by atoms with E-state index in [0.717, 1.165) is 17.4 Å². The lowest BCUT2D eigenvalue weighted by Gasteiger charge is -2.19. The SMILES string of the molecule is C=C/C=C(\C=C)C(=Nc1c(C=O)cc(C)cc1C(C)O)N(C)C. The second-order valence-corrected chi connectivity index (χ2v) is 5.48. The van der Waals surface area contributed by atoms with Gasteiger partial charge in [-0.15, -0.1) is 0 Å². The van der Waals surface area contributed by atoms with Crippen molar-refractivity contribution >= 4 is 17.8 Å². The molecule has 0 bridgehead atoms. The molecule has 122 valence electrons. The number of likely N-dealkylation sites (N-methyl/N-ethyl adjacent to an activating group) is 1. The van der Waals surface area contributed by atoms with E-state index in [9.17, 15) is 9.90 Å². The molecule has 0 fully saturated rings. The van der Waals surface area contributed by atoms with Gasteiger partial charge >= 0.3 is 0 Å². The molecule has 1 N–H and O–H groups in total. The number of aliphatic imine (C=N–C) groups is 1. The van der Waals surface area contributed by atoms with Gasteiger partial charge in [-0.3, -0.25) is 4.79 Å². The Labute approximate surface area is 138 Å². The van der Waals surface area contributed by atoms with Crippen LogP contribution in [0.5, 0.6) is 0 Å². The van der Waals surface area contributed by atoms with E-state index in [0.29, 0.717) is 22.6 Å². The maximum absolute atomic E-state index is 11.5. The number of rotatable bonds is 6. The van der Waals surface area contributed by atoms with Crippen molar-refractivity contribution in [1.29, 1.82) is 0 Å². The maximum Gasteiger partial charge on any atom is 0.152 e. The number of aldehydes is 1. The standard InChI is InChI=1S/C19H24N2O2/c1-7-9-15(8-2)19(21(5)6)20-18-16(12-22)10-13(3)11-17(18)14(4)23/h7-12,14,23H,1-2H2,3-6H3/b15-9+,20-19?. The Morgan fingerprint density at radius 2 is 2.00 bits per heavy atom. The van der Waals surface area contributed by atoms with Crippen LogP contribution in [0.25, 0.3) is 0 Å². The van der Waals surface area contributed by atoms with Crippen LogP contribution in [0, 0.1) is 6.92 Å². The first-order valence-corrected chi connectivity index (χ1v) is 7.35. The summed E-state index contributed by atoms with van der Waals surface area (Å²) in [6.45, 7) is 11.0. The van der Waals surface area contributed by atoms with E-state index in [-0.39, 0.29) is 0 Å². The first-order chi connectivity index (χ1) is 10.8. The molecule has 0 aliphatic carbocycles. The quantitative estimate of drug-likeness (QED) is 0.377. The van der Waals surface area contributed by atoms with Gasteiger partial charge in [0.15, 0.2) is 6.29 Å². The van der Waals surface area contributed by atoms with Gasteiger partial charge in [-0.05, 0) is 25.5 Å². The van der Waals surface area contributed by atoms with Crippen molar-refractivity contribution in [2.45, 2.75) is 20.0 Å². The Kier molecular flexibility index (Phi) is 6.66. The molecule has 1 aromatic rings. The summed E-state index contributed by atoms with van der Waals surface area (Å²) in [7, 11) is 3.71. The second-order valence-electron chi connectivity index (χ2n) is 5.48. The highest BCUT2D eigenvalue weighted by molar-refractivity contribution is 6.03. The van der Waals surface area contributed by atoms with Crippen molar-refractivity contribution in [3.05, 3.63) is 65.8 Å². The summed E-state index contributed by atoms with van der Waals surface area (Å²) in [6, 6.07) is 3.60. The number of aliphatic hydroxyl groups excluding tert-OH is 1. The molecular weight excluding hydrogens is 288 g/mol. The highest BCUT2D eigenvalue weighted by Gasteiger charge is 2.15. The van der Waals surface area contributed by atoms with E-state index in [1.807, 2.05) is 32.0 Å². The molecular formula is C19H24N2O2. The Balaban J connectivity index is 3.71. The normalized spacial score (nSPS) is 13.4. The molecule has 0 spiro atoms. The number of allylic oxidation sites excluding steroid dienone is 2. The van der Waals surface area contributed by atoms with Crippen LogP contribution in [-0.4, -0.2) is 36.2 Å². The molecule has 4 nitrogen and oxygen atoms in total. The second kappa shape index (κ2) is 8.25. The summed E-state index contributed by atoms with van der Waals surface area (Å²) < 4.78 is 0. The van der Waals surface area contributed by atoms with E-state index in [1.165, 1.54) is 0 Å². The third-order valence-electron chi connectivity index (χ3n) is 3.31. The molecule has 0 aliphatic rings. The summed E-state index contributed by atoms with van der Waals surface area (Å²) in [4.78, 5) is 17.9. The van der Waals surface area contributed by atoms with E-state index in [2.05, 4.69) is 18.2 Å². The van der Waals surface area contributed by atoms with Crippen molar-refractivity contribution in [1.82, 2.24) is 4.90 Å². The molecule has 1 aromatic carbocycles. The predicted octanol–water partition coefficient (Wildman–Crippen LogP) is 3.75. The highest BCUT2D eigenvalue weighted by Crippen LogP contribution is 2.31. The largest absolute Gasteiger partial charge is 0.389 e. The topological polar surface area (TPSA) is 52.9 Å². The Morgan fingerprint density at radius 1 is 1.35 bits per heavy atom. The lowest BCUT2D eigenvalue weighted by atomic mass is 10.0. The van der Waals surface area contributed by atoms with Crippen LogP contribution in [-0.2, 0) is 0 Å². The number of hydrogen-bond acceptors (Lipinski definition) is 3. The monoisotopic (exact) mass is 312 g/mol. The van der Waals surface area contributed by atoms with E-state index in [1.54, 1.807) is 31.2 Å². The number of carbonyl (C=O) groups excluding carboxylic acids is 1. The van der Waals surface area contributed by atoms with Crippen LogP contribution < -0.4 is 0 Å². The van der Waals surface area contributed by atoms with Crippen LogP contribution in [0.15, 0.2) is 54.1 Å². The lowest BCUT2D eigenvalue weighted by molar-refractivity contribution is 0.112. The number of benzene rings is 1. The molecule has 0 radical (unpaired) electrons. The van der Waals surface area contributed by atoms with Gasteiger partial charge in [0.05, 0.1) is 11.8 Å². The summed E-state index contributed by atoms with van der Waals surface area (Å²) >= 11 is 0. The predicted molar refractivity (Wildman–Crippen MR) is 96.5 cm³/mol. The van der Waals surface area contributed by atoms with Crippen LogP contribution in [0.2, 0.25) is 0 Å². The molecule has 1 rings (SSSR count). The van der Waals surface area contributed by atoms with Crippen molar-refractivity contribution in [2.24, 2.45) is 4.99 Å². The highest BCUT2D eigenvalue weighted by atomic mass is 16.3. The molecule has 0 aromatic heterocycles. The van der Waals surface area contributed by atoms with E-state index < -0.39 is 6.10 Å². The average molecular weight is 312 g/mol. The van der Waals surface area contributed by atoms with Crippen LogP contribution in [0.4, 0.5) is 5.69 Å². The Bertz CT molecular complexity index is 668. The van der Waals surface area contributed by atoms with E-state index >= 15 is 0 Å². The molecule has 0 saturated carbocycles. The smallest absolute Gasteiger partial charge is 0.152 e. The molecule has 4 heteroatoms. The summed E-state index contributed by atoms with van der Waals surface area (Å²) in [6.07, 6.45) is 5.16. The number of amidine groups is 1. The van der Waals surface area contributed by atoms with Crippen LogP contribution in [0.3, 0.4) is 0 Å². The molecule has 0 amide bonds. The summed E-state index contributed by atoms with van der Waals surface area (Å²) in [5.74, 6) is 0.633. The van der Waals surface area contributed by atoms with Gasteiger partial charge in [-0.25, -0.2) is 4.99 Å². The fraction of sp³-hybridized carbons (Fsp3) is 0.263. The number of hydrogen-bond donors (Lipinski definition) is 1. The van der Waals surface area contributed by atoms with Crippen molar-refractivity contribution < 1.29 is 9.90 Å². The Hall–Kier alpha value is -2.46. The zero-order valence-electron chi connectivity index (χ0n) is 14.2. The fourth-order valence-electron chi connectivity index (χ4n) is 2.26. The minimum absolute atomic E-state index is 0.447. The van der Waals surface area contributed by atoms with Crippen LogP contribution >= 0.6 is 0 Å². The zero-order chi connectivity index (χ0) is 17.6. The molecule has 1 atom stereocenters.